The number of aromatic amines is 2. The molecule has 9 heteroatoms. The predicted molar refractivity (Wildman–Crippen MR) is 212 cm³/mol. The molecule has 1 aliphatic heterocycles. The molecule has 1 saturated heterocycles. The van der Waals surface area contributed by atoms with Crippen LogP contribution in [-0.4, -0.2) is 61.7 Å². The Labute approximate surface area is 309 Å². The van der Waals surface area contributed by atoms with Crippen LogP contribution in [0.15, 0.2) is 103 Å². The van der Waals surface area contributed by atoms with Crippen molar-refractivity contribution in [2.45, 2.75) is 64.2 Å². The van der Waals surface area contributed by atoms with E-state index in [1.165, 1.54) is 0 Å². The second-order valence-electron chi connectivity index (χ2n) is 14.1. The van der Waals surface area contributed by atoms with Gasteiger partial charge in [0.15, 0.2) is 0 Å². The summed E-state index contributed by atoms with van der Waals surface area (Å²) in [5, 5.41) is 7.70. The minimum Gasteiger partial charge on any atom is -0.340 e. The summed E-state index contributed by atoms with van der Waals surface area (Å²) < 4.78 is 0. The zero-order valence-electron chi connectivity index (χ0n) is 30.5. The first-order valence-electron chi connectivity index (χ1n) is 18.7. The van der Waals surface area contributed by atoms with Gasteiger partial charge in [-0.05, 0) is 89.8 Å². The summed E-state index contributed by atoms with van der Waals surface area (Å²) in [5.74, 6) is 1.66. The molecular formula is C44H45N7O2. The summed E-state index contributed by atoms with van der Waals surface area (Å²) in [6.45, 7) is 5.27. The first-order valence-corrected chi connectivity index (χ1v) is 18.7. The van der Waals surface area contributed by atoms with Gasteiger partial charge in [-0.2, -0.15) is 0 Å². The van der Waals surface area contributed by atoms with Crippen molar-refractivity contribution in [2.24, 2.45) is 0 Å². The van der Waals surface area contributed by atoms with E-state index in [0.717, 1.165) is 104 Å². The Morgan fingerprint density at radius 3 is 2.36 bits per heavy atom. The van der Waals surface area contributed by atoms with Crippen molar-refractivity contribution < 1.29 is 9.59 Å². The van der Waals surface area contributed by atoms with E-state index >= 15 is 0 Å². The predicted octanol–water partition coefficient (Wildman–Crippen LogP) is 8.70. The van der Waals surface area contributed by atoms with Crippen molar-refractivity contribution in [1.82, 2.24) is 35.1 Å². The van der Waals surface area contributed by atoms with Gasteiger partial charge >= 0.3 is 0 Å². The van der Waals surface area contributed by atoms with Crippen LogP contribution in [0, 0.1) is 0 Å². The largest absolute Gasteiger partial charge is 0.340 e. The molecule has 7 aromatic rings. The topological polar surface area (TPSA) is 110 Å². The highest BCUT2D eigenvalue weighted by Gasteiger charge is 2.34. The van der Waals surface area contributed by atoms with Gasteiger partial charge in [0.05, 0.1) is 35.5 Å². The van der Waals surface area contributed by atoms with Crippen LogP contribution in [0.3, 0.4) is 0 Å². The summed E-state index contributed by atoms with van der Waals surface area (Å²) in [4.78, 5) is 46.1. The summed E-state index contributed by atoms with van der Waals surface area (Å²) in [7, 11) is 1.83. The molecule has 1 aliphatic rings. The zero-order chi connectivity index (χ0) is 36.5. The number of likely N-dealkylation sites (tertiary alicyclic amines) is 1. The molecule has 0 aliphatic carbocycles. The number of aromatic nitrogens is 4. The number of carbonyl (C=O) groups is 2. The lowest BCUT2D eigenvalue weighted by Gasteiger charge is -2.26. The van der Waals surface area contributed by atoms with Gasteiger partial charge in [-0.1, -0.05) is 86.6 Å². The average molecular weight is 704 g/mol. The fourth-order valence-electron chi connectivity index (χ4n) is 8.09. The van der Waals surface area contributed by atoms with Gasteiger partial charge in [-0.15, -0.1) is 0 Å². The molecule has 3 atom stereocenters. The fraction of sp³-hybridized carbons (Fsp3) is 0.273. The molecule has 3 heterocycles. The van der Waals surface area contributed by atoms with Crippen molar-refractivity contribution >= 4 is 44.9 Å². The lowest BCUT2D eigenvalue weighted by atomic mass is 9.97. The van der Waals surface area contributed by atoms with Crippen LogP contribution in [0.2, 0.25) is 0 Å². The summed E-state index contributed by atoms with van der Waals surface area (Å²) in [6, 6.07) is 33.6. The normalized spacial score (nSPS) is 16.5. The molecule has 3 unspecified atom stereocenters. The number of carbonyl (C=O) groups excluding carboxylic acids is 2. The van der Waals surface area contributed by atoms with Crippen LogP contribution < -0.4 is 5.32 Å². The second-order valence-corrected chi connectivity index (χ2v) is 14.1. The van der Waals surface area contributed by atoms with E-state index in [4.69, 9.17) is 4.98 Å². The molecule has 1 fully saturated rings. The van der Waals surface area contributed by atoms with Crippen molar-refractivity contribution in [3.05, 3.63) is 120 Å². The van der Waals surface area contributed by atoms with E-state index in [1.807, 2.05) is 53.4 Å². The fourth-order valence-corrected chi connectivity index (χ4v) is 8.09. The van der Waals surface area contributed by atoms with Crippen molar-refractivity contribution in [3.63, 3.8) is 0 Å². The Kier molecular flexibility index (Phi) is 9.50. The number of rotatable bonds is 12. The Morgan fingerprint density at radius 1 is 0.906 bits per heavy atom. The SMILES string of the molecule is CCCN(Cc1nc2c(ccc3cc(-c4ccc5cc(-c6cnc(C7CCC(CC)N7C=O)[nH]6)ccc5c4)ccc32)[nH]1)C(=O)C(NC)c1ccccc1. The van der Waals surface area contributed by atoms with Gasteiger partial charge < -0.3 is 25.1 Å². The minimum absolute atomic E-state index is 0.00535. The lowest BCUT2D eigenvalue weighted by molar-refractivity contribution is -0.134. The smallest absolute Gasteiger partial charge is 0.244 e. The van der Waals surface area contributed by atoms with E-state index in [2.05, 4.69) is 101 Å². The number of nitrogens with zero attached hydrogens (tertiary/aromatic N) is 4. The number of amides is 2. The van der Waals surface area contributed by atoms with Crippen LogP contribution in [0.4, 0.5) is 0 Å². The van der Waals surface area contributed by atoms with E-state index in [9.17, 15) is 9.59 Å². The standard InChI is InChI=1S/C44H45N7O2/c1-4-21-50(44(53)41(45-3)28-9-7-6-8-10-28)26-40-47-37-19-16-33-23-32(15-18-36(33)42(37)49-40)29-11-12-31-24-34(14-13-30(31)22-29)38-25-46-43(48-38)39-20-17-35(5-2)51(39)27-52/h6-16,18-19,22-25,27,35,39,41,45H,4-5,17,20-21,26H2,1-3H3,(H,46,48)(H,47,49). The number of H-pyrrole nitrogens is 2. The first-order chi connectivity index (χ1) is 26.0. The molecule has 3 N–H and O–H groups in total. The molecule has 268 valence electrons. The van der Waals surface area contributed by atoms with E-state index in [-0.39, 0.29) is 18.0 Å². The molecule has 0 bridgehead atoms. The summed E-state index contributed by atoms with van der Waals surface area (Å²) >= 11 is 0. The molecular weight excluding hydrogens is 659 g/mol. The first kappa shape index (κ1) is 34.3. The number of imidazole rings is 2. The Balaban J connectivity index is 1.02. The van der Waals surface area contributed by atoms with Gasteiger partial charge in [0.1, 0.15) is 17.7 Å². The van der Waals surface area contributed by atoms with Crippen molar-refractivity contribution in [1.29, 1.82) is 0 Å². The highest BCUT2D eigenvalue weighted by molar-refractivity contribution is 6.05. The van der Waals surface area contributed by atoms with Gasteiger partial charge in [-0.3, -0.25) is 9.59 Å². The molecule has 0 saturated carbocycles. The molecule has 0 spiro atoms. The number of hydrogen-bond donors (Lipinski definition) is 3. The lowest BCUT2D eigenvalue weighted by Crippen LogP contribution is -2.40. The maximum atomic E-state index is 13.7. The van der Waals surface area contributed by atoms with E-state index in [0.29, 0.717) is 13.1 Å². The molecule has 9 nitrogen and oxygen atoms in total. The summed E-state index contributed by atoms with van der Waals surface area (Å²) in [6.07, 6.45) is 6.61. The monoisotopic (exact) mass is 703 g/mol. The number of likely N-dealkylation sites (N-methyl/N-ethyl adjacent to an activating group) is 1. The van der Waals surface area contributed by atoms with Crippen LogP contribution in [0.25, 0.3) is 55.0 Å². The van der Waals surface area contributed by atoms with E-state index < -0.39 is 6.04 Å². The maximum Gasteiger partial charge on any atom is 0.244 e. The highest BCUT2D eigenvalue weighted by atomic mass is 16.2. The average Bonchev–Trinajstić information content (AvgIpc) is 3.96. The number of hydrogen-bond acceptors (Lipinski definition) is 5. The Hall–Kier alpha value is -5.80. The second kappa shape index (κ2) is 14.7. The van der Waals surface area contributed by atoms with Crippen LogP contribution in [0.1, 0.15) is 68.8 Å². The number of nitrogens with one attached hydrogen (secondary N) is 3. The van der Waals surface area contributed by atoms with Gasteiger partial charge in [-0.25, -0.2) is 9.97 Å². The van der Waals surface area contributed by atoms with E-state index in [1.54, 1.807) is 0 Å². The third-order valence-electron chi connectivity index (χ3n) is 10.9. The number of benzene rings is 5. The highest BCUT2D eigenvalue weighted by Crippen LogP contribution is 2.36. The van der Waals surface area contributed by atoms with Crippen LogP contribution >= 0.6 is 0 Å². The van der Waals surface area contributed by atoms with Gasteiger partial charge in [0.25, 0.3) is 0 Å². The quantitative estimate of drug-likeness (QED) is 0.110. The number of fused-ring (bicyclic) bond motifs is 4. The summed E-state index contributed by atoms with van der Waals surface area (Å²) in [5.41, 5.74) is 7.12. The Morgan fingerprint density at radius 2 is 1.62 bits per heavy atom. The third kappa shape index (κ3) is 6.57. The molecule has 0 radical (unpaired) electrons. The molecule has 53 heavy (non-hydrogen) atoms. The van der Waals surface area contributed by atoms with Crippen LogP contribution in [-0.2, 0) is 16.1 Å². The zero-order valence-corrected chi connectivity index (χ0v) is 30.5. The Bertz CT molecular complexity index is 2420. The van der Waals surface area contributed by atoms with Crippen LogP contribution in [0.5, 0.6) is 0 Å². The maximum absolute atomic E-state index is 13.7. The molecule has 2 amide bonds. The molecule has 2 aromatic heterocycles. The van der Waals surface area contributed by atoms with Gasteiger partial charge in [0.2, 0.25) is 12.3 Å². The van der Waals surface area contributed by atoms with Gasteiger partial charge in [0, 0.05) is 23.5 Å². The van der Waals surface area contributed by atoms with Crippen molar-refractivity contribution in [3.8, 4) is 22.4 Å². The van der Waals surface area contributed by atoms with Crippen molar-refractivity contribution in [2.75, 3.05) is 13.6 Å². The minimum atomic E-state index is -0.417. The molecule has 5 aromatic carbocycles. The molecule has 8 rings (SSSR count). The third-order valence-corrected chi connectivity index (χ3v) is 10.9.